The molecule has 1 saturated heterocycles. The third kappa shape index (κ3) is 2.13. The topological polar surface area (TPSA) is 44.1 Å². The molecule has 1 fully saturated rings. The number of hydrogen-bond acceptors (Lipinski definition) is 3. The fourth-order valence-electron chi connectivity index (χ4n) is 1.89. The third-order valence-corrected chi connectivity index (χ3v) is 4.55. The molecular formula is C11H11BrN2OS. The summed E-state index contributed by atoms with van der Waals surface area (Å²) in [6.07, 6.45) is 2.83. The van der Waals surface area contributed by atoms with Crippen molar-refractivity contribution in [3.05, 3.63) is 20.8 Å². The Kier molecular flexibility index (Phi) is 3.62. The number of rotatable bonds is 1. The van der Waals surface area contributed by atoms with Gasteiger partial charge in [-0.25, -0.2) is 0 Å². The van der Waals surface area contributed by atoms with Crippen LogP contribution >= 0.6 is 27.3 Å². The number of piperidine rings is 1. The van der Waals surface area contributed by atoms with Gasteiger partial charge in [0.05, 0.1) is 6.07 Å². The lowest BCUT2D eigenvalue weighted by molar-refractivity contribution is 0.0675. The van der Waals surface area contributed by atoms with Crippen LogP contribution in [0.5, 0.6) is 0 Å². The molecule has 3 nitrogen and oxygen atoms in total. The van der Waals surface area contributed by atoms with Crippen LogP contribution in [0.1, 0.15) is 28.9 Å². The maximum atomic E-state index is 12.2. The summed E-state index contributed by atoms with van der Waals surface area (Å²) in [5.74, 6) is -0.0203. The predicted molar refractivity (Wildman–Crippen MR) is 66.3 cm³/mol. The Morgan fingerprint density at radius 3 is 3.06 bits per heavy atom. The molecule has 1 aromatic rings. The number of carbonyl (C=O) groups excluding carboxylic acids is 1. The molecule has 5 heteroatoms. The minimum atomic E-state index is -0.254. The van der Waals surface area contributed by atoms with E-state index in [1.54, 1.807) is 4.90 Å². The zero-order valence-corrected chi connectivity index (χ0v) is 11.1. The lowest BCUT2D eigenvalue weighted by Gasteiger charge is -2.31. The van der Waals surface area contributed by atoms with Crippen LogP contribution in [0.2, 0.25) is 0 Å². The van der Waals surface area contributed by atoms with E-state index >= 15 is 0 Å². The second kappa shape index (κ2) is 4.98. The molecule has 1 aromatic heterocycles. The van der Waals surface area contributed by atoms with Crippen molar-refractivity contribution in [2.75, 3.05) is 6.54 Å². The summed E-state index contributed by atoms with van der Waals surface area (Å²) in [6.45, 7) is 0.696. The number of amides is 1. The van der Waals surface area contributed by atoms with Crippen LogP contribution in [0, 0.1) is 11.3 Å². The largest absolute Gasteiger partial charge is 0.322 e. The lowest BCUT2D eigenvalue weighted by atomic mass is 10.0. The van der Waals surface area contributed by atoms with Crippen molar-refractivity contribution in [3.63, 3.8) is 0 Å². The molecule has 84 valence electrons. The highest BCUT2D eigenvalue weighted by molar-refractivity contribution is 9.10. The van der Waals surface area contributed by atoms with Crippen LogP contribution in [0.25, 0.3) is 0 Å². The molecular weight excluding hydrogens is 288 g/mol. The molecule has 0 N–H and O–H groups in total. The number of nitrogens with zero attached hydrogens (tertiary/aromatic N) is 2. The molecule has 1 amide bonds. The first-order chi connectivity index (χ1) is 7.74. The molecule has 0 aromatic carbocycles. The lowest BCUT2D eigenvalue weighted by Crippen LogP contribution is -2.42. The first kappa shape index (κ1) is 11.6. The molecule has 0 spiro atoms. The van der Waals surface area contributed by atoms with E-state index in [4.69, 9.17) is 5.26 Å². The summed E-state index contributed by atoms with van der Waals surface area (Å²) >= 11 is 4.77. The van der Waals surface area contributed by atoms with Crippen molar-refractivity contribution >= 4 is 33.2 Å². The summed E-state index contributed by atoms with van der Waals surface area (Å²) in [7, 11) is 0. The van der Waals surface area contributed by atoms with Crippen molar-refractivity contribution in [3.8, 4) is 6.07 Å². The molecule has 2 rings (SSSR count). The second-order valence-electron chi connectivity index (χ2n) is 3.74. The van der Waals surface area contributed by atoms with Gasteiger partial charge in [0.2, 0.25) is 0 Å². The molecule has 0 bridgehead atoms. The predicted octanol–water partition coefficient (Wildman–Crippen LogP) is 3.03. The fraction of sp³-hybridized carbons (Fsp3) is 0.455. The zero-order chi connectivity index (χ0) is 11.5. The van der Waals surface area contributed by atoms with E-state index in [2.05, 4.69) is 22.0 Å². The highest BCUT2D eigenvalue weighted by Gasteiger charge is 2.28. The molecule has 1 aliphatic heterocycles. The Labute approximate surface area is 107 Å². The quantitative estimate of drug-likeness (QED) is 0.800. The molecule has 1 aliphatic rings. The SMILES string of the molecule is N#CC1CCCCN1C(=O)c1sccc1Br. The zero-order valence-electron chi connectivity index (χ0n) is 8.65. The Morgan fingerprint density at radius 2 is 2.44 bits per heavy atom. The van der Waals surface area contributed by atoms with Gasteiger partial charge in [-0.1, -0.05) is 0 Å². The van der Waals surface area contributed by atoms with Gasteiger partial charge in [-0.2, -0.15) is 5.26 Å². The van der Waals surface area contributed by atoms with Gasteiger partial charge in [0.1, 0.15) is 10.9 Å². The maximum Gasteiger partial charge on any atom is 0.266 e. The van der Waals surface area contributed by atoms with Crippen molar-refractivity contribution in [2.24, 2.45) is 0 Å². The number of likely N-dealkylation sites (tertiary alicyclic amines) is 1. The number of carbonyl (C=O) groups is 1. The Bertz CT molecular complexity index is 437. The maximum absolute atomic E-state index is 12.2. The average Bonchev–Trinajstić information content (AvgIpc) is 2.74. The van der Waals surface area contributed by atoms with E-state index in [0.29, 0.717) is 11.4 Å². The van der Waals surface area contributed by atoms with E-state index < -0.39 is 0 Å². The summed E-state index contributed by atoms with van der Waals surface area (Å²) in [5.41, 5.74) is 0. The summed E-state index contributed by atoms with van der Waals surface area (Å²) in [4.78, 5) is 14.6. The van der Waals surface area contributed by atoms with E-state index in [1.165, 1.54) is 11.3 Å². The summed E-state index contributed by atoms with van der Waals surface area (Å²) in [6, 6.07) is 3.82. The first-order valence-electron chi connectivity index (χ1n) is 5.17. The highest BCUT2D eigenvalue weighted by atomic mass is 79.9. The minimum Gasteiger partial charge on any atom is -0.322 e. The van der Waals surface area contributed by atoms with Crippen LogP contribution < -0.4 is 0 Å². The van der Waals surface area contributed by atoms with Gasteiger partial charge in [-0.15, -0.1) is 11.3 Å². The third-order valence-electron chi connectivity index (χ3n) is 2.72. The van der Waals surface area contributed by atoms with Crippen LogP contribution in [-0.4, -0.2) is 23.4 Å². The Hall–Kier alpha value is -0.860. The summed E-state index contributed by atoms with van der Waals surface area (Å²) < 4.78 is 0.824. The van der Waals surface area contributed by atoms with Crippen LogP contribution in [0.4, 0.5) is 0 Å². The monoisotopic (exact) mass is 298 g/mol. The highest BCUT2D eigenvalue weighted by Crippen LogP contribution is 2.27. The molecule has 1 unspecified atom stereocenters. The van der Waals surface area contributed by atoms with Crippen molar-refractivity contribution in [2.45, 2.75) is 25.3 Å². The van der Waals surface area contributed by atoms with E-state index in [0.717, 1.165) is 23.7 Å². The van der Waals surface area contributed by atoms with Gasteiger partial charge in [0.25, 0.3) is 5.91 Å². The second-order valence-corrected chi connectivity index (χ2v) is 5.51. The van der Waals surface area contributed by atoms with Gasteiger partial charge in [-0.3, -0.25) is 4.79 Å². The van der Waals surface area contributed by atoms with Gasteiger partial charge < -0.3 is 4.90 Å². The molecule has 16 heavy (non-hydrogen) atoms. The molecule has 0 saturated carbocycles. The number of thiophene rings is 1. The van der Waals surface area contributed by atoms with Crippen molar-refractivity contribution < 1.29 is 4.79 Å². The minimum absolute atomic E-state index is 0.0203. The van der Waals surface area contributed by atoms with Crippen molar-refractivity contribution in [1.82, 2.24) is 4.90 Å². The van der Waals surface area contributed by atoms with Gasteiger partial charge >= 0.3 is 0 Å². The van der Waals surface area contributed by atoms with E-state index in [9.17, 15) is 4.79 Å². The number of hydrogen-bond donors (Lipinski definition) is 0. The number of halogens is 1. The normalized spacial score (nSPS) is 20.5. The molecule has 0 radical (unpaired) electrons. The van der Waals surface area contributed by atoms with Crippen LogP contribution in [0.3, 0.4) is 0 Å². The van der Waals surface area contributed by atoms with Crippen molar-refractivity contribution in [1.29, 1.82) is 5.26 Å². The van der Waals surface area contributed by atoms with Gasteiger partial charge in [0, 0.05) is 11.0 Å². The van der Waals surface area contributed by atoms with Gasteiger partial charge in [0.15, 0.2) is 0 Å². The molecule has 1 atom stereocenters. The average molecular weight is 299 g/mol. The van der Waals surface area contributed by atoms with Crippen LogP contribution in [-0.2, 0) is 0 Å². The van der Waals surface area contributed by atoms with E-state index in [1.807, 2.05) is 11.4 Å². The summed E-state index contributed by atoms with van der Waals surface area (Å²) in [5, 5.41) is 10.9. The van der Waals surface area contributed by atoms with E-state index in [-0.39, 0.29) is 11.9 Å². The van der Waals surface area contributed by atoms with Crippen LogP contribution in [0.15, 0.2) is 15.9 Å². The Balaban J connectivity index is 2.21. The number of nitriles is 1. The van der Waals surface area contributed by atoms with Gasteiger partial charge in [-0.05, 0) is 46.6 Å². The Morgan fingerprint density at radius 1 is 1.62 bits per heavy atom. The fourth-order valence-corrected chi connectivity index (χ4v) is 3.38. The smallest absolute Gasteiger partial charge is 0.266 e. The first-order valence-corrected chi connectivity index (χ1v) is 6.85. The molecule has 2 heterocycles. The standard InChI is InChI=1S/C11H11BrN2OS/c12-9-4-6-16-10(9)11(15)14-5-2-1-3-8(14)7-13/h4,6,8H,1-3,5H2. The molecule has 0 aliphatic carbocycles.